The van der Waals surface area contributed by atoms with Gasteiger partial charge in [-0.05, 0) is 35.9 Å². The summed E-state index contributed by atoms with van der Waals surface area (Å²) in [7, 11) is 3.25. The van der Waals surface area contributed by atoms with Gasteiger partial charge in [0.2, 0.25) is 5.88 Å². The predicted molar refractivity (Wildman–Crippen MR) is 128 cm³/mol. The van der Waals surface area contributed by atoms with Crippen LogP contribution in [0.25, 0.3) is 5.69 Å². The van der Waals surface area contributed by atoms with E-state index >= 15 is 0 Å². The van der Waals surface area contributed by atoms with E-state index in [-0.39, 0.29) is 12.1 Å². The Morgan fingerprint density at radius 2 is 1.82 bits per heavy atom. The first-order chi connectivity index (χ1) is 16.6. The van der Waals surface area contributed by atoms with Crippen LogP contribution in [0.3, 0.4) is 0 Å². The summed E-state index contributed by atoms with van der Waals surface area (Å²) in [6.45, 7) is 2.06. The Balaban J connectivity index is 1.14. The molecule has 0 radical (unpaired) electrons. The number of esters is 1. The second kappa shape index (κ2) is 9.35. The summed E-state index contributed by atoms with van der Waals surface area (Å²) in [6, 6.07) is 19.3. The Labute approximate surface area is 197 Å². The normalized spacial score (nSPS) is 13.4. The number of benzene rings is 2. The molecule has 5 rings (SSSR count). The highest BCUT2D eigenvalue weighted by molar-refractivity contribution is 5.93. The minimum atomic E-state index is -0.349. The van der Waals surface area contributed by atoms with Crippen molar-refractivity contribution >= 4 is 11.7 Å². The fraction of sp³-hybridized carbons (Fsp3) is 0.231. The predicted octanol–water partition coefficient (Wildman–Crippen LogP) is 3.84. The van der Waals surface area contributed by atoms with Crippen LogP contribution in [-0.4, -0.2) is 46.6 Å². The number of ether oxygens (including phenoxy) is 3. The van der Waals surface area contributed by atoms with Crippen LogP contribution < -0.4 is 14.4 Å². The van der Waals surface area contributed by atoms with Crippen LogP contribution in [0.15, 0.2) is 79.3 Å². The summed E-state index contributed by atoms with van der Waals surface area (Å²) in [5, 5.41) is 4.21. The molecule has 1 aliphatic heterocycles. The van der Waals surface area contributed by atoms with Crippen molar-refractivity contribution in [2.24, 2.45) is 7.05 Å². The molecule has 0 aliphatic carbocycles. The van der Waals surface area contributed by atoms with Gasteiger partial charge in [0.25, 0.3) is 0 Å². The number of hydrogen-bond donors (Lipinski definition) is 0. The summed E-state index contributed by atoms with van der Waals surface area (Å²) in [6.07, 6.45) is 5.96. The van der Waals surface area contributed by atoms with Crippen LogP contribution in [0.2, 0.25) is 0 Å². The minimum Gasteiger partial charge on any atom is -0.487 e. The third-order valence-electron chi connectivity index (χ3n) is 5.78. The molecule has 2 aromatic carbocycles. The van der Waals surface area contributed by atoms with E-state index < -0.39 is 0 Å². The van der Waals surface area contributed by atoms with Gasteiger partial charge >= 0.3 is 5.97 Å². The molecule has 1 aliphatic rings. The SMILES string of the molecule is COC(=O)c1ccccc1-n1ccc(N2CC(Oc3ccc(COc4ccn(C)n4)cc3)C2)c1. The average Bonchev–Trinajstić information content (AvgIpc) is 3.49. The number of carbonyl (C=O) groups is 1. The monoisotopic (exact) mass is 458 g/mol. The molecular formula is C26H26N4O4. The highest BCUT2D eigenvalue weighted by Gasteiger charge is 2.29. The average molecular weight is 459 g/mol. The van der Waals surface area contributed by atoms with Gasteiger partial charge in [-0.3, -0.25) is 4.68 Å². The molecule has 0 amide bonds. The van der Waals surface area contributed by atoms with Crippen molar-refractivity contribution < 1.29 is 19.0 Å². The van der Waals surface area contributed by atoms with E-state index in [0.717, 1.165) is 35.8 Å². The van der Waals surface area contributed by atoms with Gasteiger partial charge in [-0.2, -0.15) is 0 Å². The van der Waals surface area contributed by atoms with Crippen molar-refractivity contribution in [2.45, 2.75) is 12.7 Å². The Kier molecular flexibility index (Phi) is 5.95. The maximum absolute atomic E-state index is 12.1. The first-order valence-electron chi connectivity index (χ1n) is 11.1. The number of methoxy groups -OCH3 is 1. The zero-order chi connectivity index (χ0) is 23.5. The summed E-state index contributed by atoms with van der Waals surface area (Å²) in [5.74, 6) is 1.10. The number of para-hydroxylation sites is 1. The Bertz CT molecular complexity index is 1270. The quantitative estimate of drug-likeness (QED) is 0.374. The highest BCUT2D eigenvalue weighted by Crippen LogP contribution is 2.27. The Morgan fingerprint density at radius 3 is 2.56 bits per heavy atom. The van der Waals surface area contributed by atoms with Crippen LogP contribution in [0.1, 0.15) is 15.9 Å². The maximum atomic E-state index is 12.1. The zero-order valence-corrected chi connectivity index (χ0v) is 19.1. The van der Waals surface area contributed by atoms with Crippen LogP contribution in [0.4, 0.5) is 5.69 Å². The standard InChI is InChI=1S/C26H26N4O4/c1-28-13-12-25(27-28)33-18-19-7-9-21(10-8-19)34-22-16-30(17-22)20-11-14-29(15-20)24-6-4-3-5-23(24)26(31)32-2/h3-15,22H,16-18H2,1-2H3. The molecule has 4 aromatic rings. The van der Waals surface area contributed by atoms with Gasteiger partial charge in [-0.25, -0.2) is 4.79 Å². The van der Waals surface area contributed by atoms with Crippen molar-refractivity contribution in [2.75, 3.05) is 25.1 Å². The lowest BCUT2D eigenvalue weighted by molar-refractivity contribution is 0.0600. The summed E-state index contributed by atoms with van der Waals surface area (Å²) in [5.41, 5.74) is 3.47. The number of carbonyl (C=O) groups excluding carboxylic acids is 1. The van der Waals surface area contributed by atoms with Crippen LogP contribution in [-0.2, 0) is 18.4 Å². The van der Waals surface area contributed by atoms with Gasteiger partial charge in [-0.1, -0.05) is 24.3 Å². The fourth-order valence-electron chi connectivity index (χ4n) is 3.91. The number of hydrogen-bond acceptors (Lipinski definition) is 6. The summed E-state index contributed by atoms with van der Waals surface area (Å²) in [4.78, 5) is 14.3. The molecule has 0 saturated carbocycles. The molecule has 34 heavy (non-hydrogen) atoms. The molecule has 2 aromatic heterocycles. The smallest absolute Gasteiger partial charge is 0.339 e. The van der Waals surface area contributed by atoms with E-state index in [1.54, 1.807) is 10.7 Å². The van der Waals surface area contributed by atoms with Gasteiger partial charge < -0.3 is 23.7 Å². The minimum absolute atomic E-state index is 0.126. The number of nitrogens with zero attached hydrogens (tertiary/aromatic N) is 4. The largest absolute Gasteiger partial charge is 0.487 e. The molecular weight excluding hydrogens is 432 g/mol. The molecule has 174 valence electrons. The molecule has 1 saturated heterocycles. The lowest BCUT2D eigenvalue weighted by Gasteiger charge is -2.40. The van der Waals surface area contributed by atoms with Crippen molar-refractivity contribution in [3.05, 3.63) is 90.4 Å². The molecule has 0 unspecified atom stereocenters. The summed E-state index contributed by atoms with van der Waals surface area (Å²) >= 11 is 0. The van der Waals surface area contributed by atoms with Crippen LogP contribution >= 0.6 is 0 Å². The van der Waals surface area contributed by atoms with E-state index in [2.05, 4.69) is 10.00 Å². The first kappa shape index (κ1) is 21.6. The zero-order valence-electron chi connectivity index (χ0n) is 19.1. The molecule has 8 heteroatoms. The lowest BCUT2D eigenvalue weighted by Crippen LogP contribution is -2.53. The van der Waals surface area contributed by atoms with E-state index in [1.807, 2.05) is 84.8 Å². The van der Waals surface area contributed by atoms with Crippen LogP contribution in [0.5, 0.6) is 11.6 Å². The van der Waals surface area contributed by atoms with E-state index in [9.17, 15) is 4.79 Å². The highest BCUT2D eigenvalue weighted by atomic mass is 16.5. The van der Waals surface area contributed by atoms with Gasteiger partial charge in [0, 0.05) is 31.7 Å². The van der Waals surface area contributed by atoms with Crippen LogP contribution in [0, 0.1) is 0 Å². The van der Waals surface area contributed by atoms with Crippen molar-refractivity contribution in [3.8, 4) is 17.3 Å². The van der Waals surface area contributed by atoms with Crippen molar-refractivity contribution in [1.82, 2.24) is 14.3 Å². The first-order valence-corrected chi connectivity index (χ1v) is 11.1. The molecule has 3 heterocycles. The van der Waals surface area contributed by atoms with Gasteiger partial charge in [0.05, 0.1) is 37.1 Å². The third kappa shape index (κ3) is 4.61. The van der Waals surface area contributed by atoms with E-state index in [1.165, 1.54) is 7.11 Å². The molecule has 8 nitrogen and oxygen atoms in total. The molecule has 0 N–H and O–H groups in total. The van der Waals surface area contributed by atoms with Gasteiger partial charge in [0.1, 0.15) is 18.5 Å². The second-order valence-electron chi connectivity index (χ2n) is 8.19. The molecule has 0 bridgehead atoms. The number of rotatable bonds is 8. The number of aryl methyl sites for hydroxylation is 1. The Hall–Kier alpha value is -4.20. The van der Waals surface area contributed by atoms with Gasteiger partial charge in [-0.15, -0.1) is 5.10 Å². The second-order valence-corrected chi connectivity index (χ2v) is 8.19. The third-order valence-corrected chi connectivity index (χ3v) is 5.78. The van der Waals surface area contributed by atoms with E-state index in [0.29, 0.717) is 18.1 Å². The Morgan fingerprint density at radius 1 is 1.03 bits per heavy atom. The molecule has 1 fully saturated rings. The van der Waals surface area contributed by atoms with E-state index in [4.69, 9.17) is 14.2 Å². The van der Waals surface area contributed by atoms with Gasteiger partial charge in [0.15, 0.2) is 0 Å². The topological polar surface area (TPSA) is 70.8 Å². The van der Waals surface area contributed by atoms with Crippen molar-refractivity contribution in [1.29, 1.82) is 0 Å². The maximum Gasteiger partial charge on any atom is 0.339 e. The van der Waals surface area contributed by atoms with Crippen molar-refractivity contribution in [3.63, 3.8) is 0 Å². The molecule has 0 atom stereocenters. The molecule has 0 spiro atoms. The fourth-order valence-corrected chi connectivity index (χ4v) is 3.91. The number of aromatic nitrogens is 3. The lowest BCUT2D eigenvalue weighted by atomic mass is 10.1. The number of anilines is 1. The summed E-state index contributed by atoms with van der Waals surface area (Å²) < 4.78 is 20.4.